The van der Waals surface area contributed by atoms with Crippen molar-refractivity contribution < 1.29 is 13.3 Å². The maximum absolute atomic E-state index is 10.8. The molecule has 2 rings (SSSR count). The first-order valence-corrected chi connectivity index (χ1v) is 7.10. The van der Waals surface area contributed by atoms with Crippen molar-refractivity contribution in [2.75, 3.05) is 0 Å². The maximum Gasteiger partial charge on any atom is 0.572 e. The zero-order valence-corrected chi connectivity index (χ0v) is 12.2. The molecular weight excluding hydrogens is 279 g/mol. The van der Waals surface area contributed by atoms with Gasteiger partial charge in [-0.2, -0.15) is 0 Å². The van der Waals surface area contributed by atoms with Gasteiger partial charge in [0.1, 0.15) is 11.5 Å². The van der Waals surface area contributed by atoms with Crippen LogP contribution in [0.5, 0.6) is 11.5 Å². The molecule has 0 unspecified atom stereocenters. The monoisotopic (exact) mass is 289 g/mol. The topological polar surface area (TPSA) is 35.5 Å². The van der Waals surface area contributed by atoms with Gasteiger partial charge in [0, 0.05) is 11.9 Å². The Morgan fingerprint density at radius 3 is 2.53 bits per heavy atom. The van der Waals surface area contributed by atoms with E-state index in [9.17, 15) is 4.79 Å². The predicted octanol–water partition coefficient (Wildman–Crippen LogP) is 2.94. The molecule has 2 aromatic carbocycles. The highest BCUT2D eigenvalue weighted by atomic mass is 35.5. The second-order valence-electron chi connectivity index (χ2n) is 3.86. The highest BCUT2D eigenvalue weighted by molar-refractivity contribution is 6.49. The van der Waals surface area contributed by atoms with Crippen LogP contribution in [0.3, 0.4) is 0 Å². The largest absolute Gasteiger partial charge is 0.618 e. The third-order valence-electron chi connectivity index (χ3n) is 2.23. The highest BCUT2D eigenvalue weighted by Gasteiger charge is 2.08. The van der Waals surface area contributed by atoms with Gasteiger partial charge in [0.25, 0.3) is 5.97 Å². The van der Waals surface area contributed by atoms with E-state index in [0.717, 1.165) is 10.2 Å². The summed E-state index contributed by atoms with van der Waals surface area (Å²) in [4.78, 5) is 10.8. The molecule has 0 N–H and O–H groups in total. The zero-order chi connectivity index (χ0) is 13.7. The Bertz CT molecular complexity index is 572. The van der Waals surface area contributed by atoms with Gasteiger partial charge in [0.2, 0.25) is 0 Å². The molecule has 0 spiro atoms. The number of carbonyl (C=O) groups excluding carboxylic acids is 1. The molecule has 0 bridgehead atoms. The minimum absolute atomic E-state index is 0.291. The number of ether oxygens (including phenoxy) is 1. The predicted molar refractivity (Wildman–Crippen MR) is 75.1 cm³/mol. The lowest BCUT2D eigenvalue weighted by Crippen LogP contribution is -2.19. The summed E-state index contributed by atoms with van der Waals surface area (Å²) in [6.07, 6.45) is 0. The molecule has 0 atom stereocenters. The van der Waals surface area contributed by atoms with Crippen LogP contribution in [0.15, 0.2) is 48.5 Å². The summed E-state index contributed by atoms with van der Waals surface area (Å²) in [6.45, 7) is 1.39. The Morgan fingerprint density at radius 1 is 1.11 bits per heavy atom. The Hall–Kier alpha value is -1.47. The zero-order valence-electron chi connectivity index (χ0n) is 10.3. The summed E-state index contributed by atoms with van der Waals surface area (Å²) < 4.78 is 11.6. The van der Waals surface area contributed by atoms with E-state index in [1.54, 1.807) is 12.1 Å². The van der Waals surface area contributed by atoms with E-state index in [2.05, 4.69) is 0 Å². The van der Waals surface area contributed by atoms with Crippen LogP contribution >= 0.6 is 11.6 Å². The molecule has 0 aliphatic rings. The van der Waals surface area contributed by atoms with Gasteiger partial charge in [0.05, 0.1) is 0 Å². The number of carbonyl (C=O) groups is 1. The minimum Gasteiger partial charge on any atom is -0.618 e. The van der Waals surface area contributed by atoms with Crippen molar-refractivity contribution in [3.8, 4) is 11.5 Å². The average Bonchev–Trinajstić information content (AvgIpc) is 2.37. The van der Waals surface area contributed by atoms with Gasteiger partial charge in [-0.3, -0.25) is 4.79 Å². The lowest BCUT2D eigenvalue weighted by molar-refractivity contribution is -0.131. The summed E-state index contributed by atoms with van der Waals surface area (Å²) in [5, 5.41) is 0.558. The summed E-state index contributed by atoms with van der Waals surface area (Å²) in [5.41, 5.74) is 0. The van der Waals surface area contributed by atoms with Crippen molar-refractivity contribution in [2.24, 2.45) is 0 Å². The molecule has 1 radical (unpaired) electrons. The summed E-state index contributed by atoms with van der Waals surface area (Å²) >= 11 is 5.43. The highest BCUT2D eigenvalue weighted by Crippen LogP contribution is 2.22. The van der Waals surface area contributed by atoms with Crippen molar-refractivity contribution in [2.45, 2.75) is 6.92 Å². The first kappa shape index (κ1) is 14.0. The summed E-state index contributed by atoms with van der Waals surface area (Å²) in [6, 6.07) is 14.8. The SMILES string of the molecule is CC(=O)[O][Al][c]1cc(Cl)cc(Oc2ccccc2)c1. The van der Waals surface area contributed by atoms with Crippen molar-refractivity contribution in [1.82, 2.24) is 0 Å². The first-order chi connectivity index (χ1) is 9.13. The van der Waals surface area contributed by atoms with Gasteiger partial charge in [-0.15, -0.1) is 0 Å². The Labute approximate surface area is 123 Å². The quantitative estimate of drug-likeness (QED) is 0.812. The van der Waals surface area contributed by atoms with Crippen LogP contribution in [0.2, 0.25) is 5.02 Å². The van der Waals surface area contributed by atoms with E-state index in [1.807, 2.05) is 36.4 Å². The smallest absolute Gasteiger partial charge is 0.572 e. The molecule has 2 aromatic rings. The van der Waals surface area contributed by atoms with Crippen molar-refractivity contribution in [1.29, 1.82) is 0 Å². The van der Waals surface area contributed by atoms with E-state index in [-0.39, 0.29) is 5.97 Å². The van der Waals surface area contributed by atoms with Crippen LogP contribution in [0.4, 0.5) is 0 Å². The van der Waals surface area contributed by atoms with Crippen LogP contribution in [0.25, 0.3) is 0 Å². The van der Waals surface area contributed by atoms with Crippen molar-refractivity contribution >= 4 is 37.5 Å². The molecule has 0 fully saturated rings. The normalized spacial score (nSPS) is 9.79. The molecule has 0 heterocycles. The lowest BCUT2D eigenvalue weighted by Gasteiger charge is -2.08. The molecule has 0 amide bonds. The van der Waals surface area contributed by atoms with Gasteiger partial charge >= 0.3 is 15.6 Å². The average molecular weight is 290 g/mol. The fourth-order valence-corrected chi connectivity index (χ4v) is 2.61. The first-order valence-electron chi connectivity index (χ1n) is 5.67. The van der Waals surface area contributed by atoms with Crippen molar-refractivity contribution in [3.05, 3.63) is 53.6 Å². The molecule has 0 aliphatic heterocycles. The Kier molecular flexibility index (Phi) is 4.87. The molecule has 19 heavy (non-hydrogen) atoms. The maximum atomic E-state index is 10.8. The van der Waals surface area contributed by atoms with E-state index in [0.29, 0.717) is 10.8 Å². The van der Waals surface area contributed by atoms with Gasteiger partial charge in [-0.1, -0.05) is 40.3 Å². The minimum atomic E-state index is -0.590. The van der Waals surface area contributed by atoms with E-state index >= 15 is 0 Å². The second kappa shape index (κ2) is 6.63. The molecule has 0 saturated carbocycles. The molecule has 95 valence electrons. The molecule has 5 heteroatoms. The second-order valence-corrected chi connectivity index (χ2v) is 5.44. The Balaban J connectivity index is 2.14. The fourth-order valence-electron chi connectivity index (χ4n) is 1.49. The molecule has 3 nitrogen and oxygen atoms in total. The number of hydrogen-bond acceptors (Lipinski definition) is 3. The lowest BCUT2D eigenvalue weighted by atomic mass is 10.3. The molecule has 0 saturated heterocycles. The number of halogens is 1. The van der Waals surface area contributed by atoms with Crippen LogP contribution in [0.1, 0.15) is 6.92 Å². The van der Waals surface area contributed by atoms with Gasteiger partial charge < -0.3 is 8.53 Å². The van der Waals surface area contributed by atoms with Crippen LogP contribution in [-0.4, -0.2) is 21.5 Å². The number of benzene rings is 2. The van der Waals surface area contributed by atoms with Crippen LogP contribution < -0.4 is 9.16 Å². The third-order valence-corrected chi connectivity index (χ3v) is 3.51. The molecule has 0 aromatic heterocycles. The van der Waals surface area contributed by atoms with Gasteiger partial charge in [-0.25, -0.2) is 0 Å². The third kappa shape index (κ3) is 4.61. The van der Waals surface area contributed by atoms with E-state index < -0.39 is 15.6 Å². The van der Waals surface area contributed by atoms with Gasteiger partial charge in [0.15, 0.2) is 0 Å². The number of rotatable bonds is 4. The summed E-state index contributed by atoms with van der Waals surface area (Å²) in [7, 11) is 0. The Morgan fingerprint density at radius 2 is 1.84 bits per heavy atom. The van der Waals surface area contributed by atoms with E-state index in [4.69, 9.17) is 20.1 Å². The number of para-hydroxylation sites is 1. The van der Waals surface area contributed by atoms with Gasteiger partial charge in [-0.05, 0) is 24.3 Å². The molecule has 0 aliphatic carbocycles. The van der Waals surface area contributed by atoms with E-state index in [1.165, 1.54) is 6.92 Å². The van der Waals surface area contributed by atoms with Crippen LogP contribution in [-0.2, 0) is 8.58 Å². The van der Waals surface area contributed by atoms with Crippen LogP contribution in [0, 0.1) is 0 Å². The number of hydrogen-bond donors (Lipinski definition) is 0. The van der Waals surface area contributed by atoms with Crippen molar-refractivity contribution in [3.63, 3.8) is 0 Å². The fraction of sp³-hybridized carbons (Fsp3) is 0.0714. The molecular formula is C14H11AlClO3. The standard InChI is InChI=1S/C12H8ClO.C2H4O2.Al/c13-10-5-4-8-12(9-10)14-11-6-2-1-3-7-11;1-2(3)4;/h1-3,5-9H;1H3,(H,3,4);/q;;+1/p-1. The summed E-state index contributed by atoms with van der Waals surface area (Å²) in [5.74, 6) is 1.08.